The van der Waals surface area contributed by atoms with Crippen molar-refractivity contribution >= 4 is 0 Å². The highest BCUT2D eigenvalue weighted by molar-refractivity contribution is 4.80. The lowest BCUT2D eigenvalue weighted by molar-refractivity contribution is 0.118. The fourth-order valence-electron chi connectivity index (χ4n) is 3.58. The average Bonchev–Trinajstić information content (AvgIpc) is 2.66. The highest BCUT2D eigenvalue weighted by atomic mass is 15.2. The first-order valence-corrected chi connectivity index (χ1v) is 7.79. The first-order valence-electron chi connectivity index (χ1n) is 7.79. The van der Waals surface area contributed by atoms with E-state index in [9.17, 15) is 0 Å². The van der Waals surface area contributed by atoms with E-state index in [1.54, 1.807) is 0 Å². The Morgan fingerprint density at radius 2 is 1.59 bits per heavy atom. The van der Waals surface area contributed by atoms with Crippen LogP contribution >= 0.6 is 0 Å². The van der Waals surface area contributed by atoms with Gasteiger partial charge in [-0.3, -0.25) is 0 Å². The van der Waals surface area contributed by atoms with Gasteiger partial charge >= 0.3 is 0 Å². The second kappa shape index (κ2) is 7.38. The van der Waals surface area contributed by atoms with Crippen molar-refractivity contribution in [2.45, 2.75) is 63.8 Å². The minimum Gasteiger partial charge on any atom is -0.320 e. The third-order valence-electron chi connectivity index (χ3n) is 4.79. The van der Waals surface area contributed by atoms with Gasteiger partial charge in [-0.15, -0.1) is 0 Å². The van der Waals surface area contributed by atoms with Gasteiger partial charge in [-0.05, 0) is 64.7 Å². The molecule has 1 aliphatic carbocycles. The summed E-state index contributed by atoms with van der Waals surface area (Å²) in [5.41, 5.74) is 0. The van der Waals surface area contributed by atoms with Crippen molar-refractivity contribution < 1.29 is 0 Å². The molecule has 2 heteroatoms. The summed E-state index contributed by atoms with van der Waals surface area (Å²) in [6.45, 7) is 3.95. The number of nitrogens with zero attached hydrogens (tertiary/aromatic N) is 1. The van der Waals surface area contributed by atoms with Crippen LogP contribution in [-0.2, 0) is 0 Å². The van der Waals surface area contributed by atoms with Gasteiger partial charge in [0.1, 0.15) is 0 Å². The van der Waals surface area contributed by atoms with Gasteiger partial charge in [0.25, 0.3) is 0 Å². The quantitative estimate of drug-likeness (QED) is 0.757. The summed E-state index contributed by atoms with van der Waals surface area (Å²) < 4.78 is 0. The van der Waals surface area contributed by atoms with E-state index in [0.717, 1.165) is 12.0 Å². The number of likely N-dealkylation sites (tertiary alicyclic amines) is 1. The van der Waals surface area contributed by atoms with Crippen molar-refractivity contribution in [2.24, 2.45) is 5.92 Å². The number of nitrogens with one attached hydrogen (secondary N) is 1. The SMILES string of the molecule is CNCCC1CCN(C2CCCCCC2)CC1. The first kappa shape index (κ1) is 13.4. The zero-order valence-electron chi connectivity index (χ0n) is 11.6. The number of hydrogen-bond donors (Lipinski definition) is 1. The molecule has 0 atom stereocenters. The summed E-state index contributed by atoms with van der Waals surface area (Å²) in [4.78, 5) is 2.81. The van der Waals surface area contributed by atoms with Crippen LogP contribution in [0.1, 0.15) is 57.8 Å². The minimum absolute atomic E-state index is 0.933. The van der Waals surface area contributed by atoms with Crippen LogP contribution in [-0.4, -0.2) is 37.6 Å². The number of hydrogen-bond acceptors (Lipinski definition) is 2. The highest BCUT2D eigenvalue weighted by Crippen LogP contribution is 2.27. The standard InChI is InChI=1S/C15H30N2/c1-16-11-8-14-9-12-17(13-10-14)15-6-4-2-3-5-7-15/h14-16H,2-13H2,1H3. The van der Waals surface area contributed by atoms with E-state index in [-0.39, 0.29) is 0 Å². The summed E-state index contributed by atoms with van der Waals surface area (Å²) >= 11 is 0. The van der Waals surface area contributed by atoms with Crippen LogP contribution in [0.5, 0.6) is 0 Å². The Morgan fingerprint density at radius 1 is 0.941 bits per heavy atom. The summed E-state index contributed by atoms with van der Waals surface area (Å²) in [6, 6.07) is 0.933. The molecule has 2 rings (SSSR count). The zero-order chi connectivity index (χ0) is 11.9. The Hall–Kier alpha value is -0.0800. The van der Waals surface area contributed by atoms with Gasteiger partial charge in [-0.1, -0.05) is 25.7 Å². The fourth-order valence-corrected chi connectivity index (χ4v) is 3.58. The van der Waals surface area contributed by atoms with E-state index in [1.165, 1.54) is 77.4 Å². The Balaban J connectivity index is 1.70. The lowest BCUT2D eigenvalue weighted by Crippen LogP contribution is -2.41. The van der Waals surface area contributed by atoms with Crippen LogP contribution < -0.4 is 5.32 Å². The van der Waals surface area contributed by atoms with Crippen LogP contribution in [0, 0.1) is 5.92 Å². The smallest absolute Gasteiger partial charge is 0.00952 e. The Labute approximate surface area is 107 Å². The maximum atomic E-state index is 3.28. The molecule has 0 aromatic rings. The third-order valence-corrected chi connectivity index (χ3v) is 4.79. The monoisotopic (exact) mass is 238 g/mol. The molecule has 0 spiro atoms. The first-order chi connectivity index (χ1) is 8.40. The van der Waals surface area contributed by atoms with E-state index in [2.05, 4.69) is 17.3 Å². The molecule has 1 aliphatic heterocycles. The Bertz CT molecular complexity index is 189. The maximum Gasteiger partial charge on any atom is 0.00952 e. The van der Waals surface area contributed by atoms with Crippen molar-refractivity contribution in [3.63, 3.8) is 0 Å². The molecule has 0 aromatic heterocycles. The summed E-state index contributed by atoms with van der Waals surface area (Å²) in [5, 5.41) is 3.28. The van der Waals surface area contributed by atoms with Crippen LogP contribution in [0.3, 0.4) is 0 Å². The van der Waals surface area contributed by atoms with Crippen LogP contribution in [0.15, 0.2) is 0 Å². The molecular formula is C15H30N2. The highest BCUT2D eigenvalue weighted by Gasteiger charge is 2.25. The predicted molar refractivity (Wildman–Crippen MR) is 74.3 cm³/mol. The molecule has 2 aliphatic rings. The molecule has 1 saturated heterocycles. The molecule has 1 saturated carbocycles. The zero-order valence-corrected chi connectivity index (χ0v) is 11.6. The fraction of sp³-hybridized carbons (Fsp3) is 1.00. The largest absolute Gasteiger partial charge is 0.320 e. The van der Waals surface area contributed by atoms with Crippen LogP contribution in [0.25, 0.3) is 0 Å². The van der Waals surface area contributed by atoms with E-state index in [0.29, 0.717) is 0 Å². The van der Waals surface area contributed by atoms with Crippen molar-refractivity contribution in [2.75, 3.05) is 26.7 Å². The lowest BCUT2D eigenvalue weighted by Gasteiger charge is -2.37. The summed E-state index contributed by atoms with van der Waals surface area (Å²) in [7, 11) is 2.07. The van der Waals surface area contributed by atoms with Gasteiger partial charge in [-0.2, -0.15) is 0 Å². The number of piperidine rings is 1. The summed E-state index contributed by atoms with van der Waals surface area (Å²) in [5.74, 6) is 0.990. The van der Waals surface area contributed by atoms with Crippen LogP contribution in [0.2, 0.25) is 0 Å². The summed E-state index contributed by atoms with van der Waals surface area (Å²) in [6.07, 6.45) is 13.1. The molecule has 1 heterocycles. The minimum atomic E-state index is 0.933. The molecule has 0 bridgehead atoms. The van der Waals surface area contributed by atoms with Crippen molar-refractivity contribution in [1.29, 1.82) is 0 Å². The van der Waals surface area contributed by atoms with Gasteiger partial charge in [0.2, 0.25) is 0 Å². The molecule has 2 nitrogen and oxygen atoms in total. The van der Waals surface area contributed by atoms with Gasteiger partial charge < -0.3 is 10.2 Å². The molecule has 2 fully saturated rings. The van der Waals surface area contributed by atoms with Crippen LogP contribution in [0.4, 0.5) is 0 Å². The molecule has 1 N–H and O–H groups in total. The van der Waals surface area contributed by atoms with E-state index < -0.39 is 0 Å². The normalized spacial score (nSPS) is 25.9. The predicted octanol–water partition coefficient (Wildman–Crippen LogP) is 3.03. The van der Waals surface area contributed by atoms with Crippen molar-refractivity contribution in [1.82, 2.24) is 10.2 Å². The third kappa shape index (κ3) is 4.26. The topological polar surface area (TPSA) is 15.3 Å². The van der Waals surface area contributed by atoms with Gasteiger partial charge in [-0.25, -0.2) is 0 Å². The molecule has 17 heavy (non-hydrogen) atoms. The Morgan fingerprint density at radius 3 is 2.18 bits per heavy atom. The van der Waals surface area contributed by atoms with Gasteiger partial charge in [0.15, 0.2) is 0 Å². The van der Waals surface area contributed by atoms with Gasteiger partial charge in [0, 0.05) is 6.04 Å². The van der Waals surface area contributed by atoms with Crippen molar-refractivity contribution in [3.8, 4) is 0 Å². The molecular weight excluding hydrogens is 208 g/mol. The van der Waals surface area contributed by atoms with E-state index in [4.69, 9.17) is 0 Å². The molecule has 0 radical (unpaired) electrons. The molecule has 0 aromatic carbocycles. The number of rotatable bonds is 4. The Kier molecular flexibility index (Phi) is 5.79. The van der Waals surface area contributed by atoms with E-state index >= 15 is 0 Å². The van der Waals surface area contributed by atoms with Crippen molar-refractivity contribution in [3.05, 3.63) is 0 Å². The maximum absolute atomic E-state index is 3.28. The van der Waals surface area contributed by atoms with E-state index in [1.807, 2.05) is 0 Å². The second-order valence-electron chi connectivity index (χ2n) is 6.02. The molecule has 0 amide bonds. The molecule has 100 valence electrons. The molecule has 0 unspecified atom stereocenters. The van der Waals surface area contributed by atoms with Gasteiger partial charge in [0.05, 0.1) is 0 Å². The average molecular weight is 238 g/mol. The second-order valence-corrected chi connectivity index (χ2v) is 6.02. The lowest BCUT2D eigenvalue weighted by atomic mass is 9.92.